The summed E-state index contributed by atoms with van der Waals surface area (Å²) in [5.41, 5.74) is 1.42. The molecule has 2 unspecified atom stereocenters. The van der Waals surface area contributed by atoms with E-state index in [0.717, 1.165) is 32.4 Å². The van der Waals surface area contributed by atoms with Gasteiger partial charge in [-0.1, -0.05) is 6.92 Å². The summed E-state index contributed by atoms with van der Waals surface area (Å²) in [6, 6.07) is 2.61. The number of aryl methyl sites for hydroxylation is 1. The fourth-order valence-electron chi connectivity index (χ4n) is 3.43. The number of carbonyl (C=O) groups excluding carboxylic acids is 1. The van der Waals surface area contributed by atoms with Crippen molar-refractivity contribution >= 4 is 17.2 Å². The highest BCUT2D eigenvalue weighted by molar-refractivity contribution is 7.10. The highest BCUT2D eigenvalue weighted by Gasteiger charge is 2.35. The van der Waals surface area contributed by atoms with Gasteiger partial charge >= 0.3 is 0 Å². The van der Waals surface area contributed by atoms with E-state index < -0.39 is 0 Å². The van der Waals surface area contributed by atoms with E-state index in [0.29, 0.717) is 11.9 Å². The Morgan fingerprint density at radius 1 is 1.42 bits per heavy atom. The lowest BCUT2D eigenvalue weighted by atomic mass is 9.90. The third-order valence-electron chi connectivity index (χ3n) is 4.32. The molecule has 1 aromatic rings. The molecule has 104 valence electrons. The molecule has 2 atom stereocenters. The van der Waals surface area contributed by atoms with Crippen LogP contribution in [-0.2, 0) is 11.2 Å². The standard InChI is InChI=1S/C15H22N2OS/c1-2-16-12-5-4-9-17(15(12)18)13-6-3-7-14-11(13)8-10-19-14/h8,10,12-13,16H,2-7,9H2,1H3. The molecule has 19 heavy (non-hydrogen) atoms. The normalized spacial score (nSPS) is 27.4. The van der Waals surface area contributed by atoms with Crippen molar-refractivity contribution in [2.45, 2.75) is 51.1 Å². The first-order valence-corrected chi connectivity index (χ1v) is 8.29. The van der Waals surface area contributed by atoms with E-state index in [1.165, 1.54) is 23.3 Å². The van der Waals surface area contributed by atoms with Gasteiger partial charge in [0.05, 0.1) is 12.1 Å². The van der Waals surface area contributed by atoms with E-state index in [1.807, 2.05) is 11.3 Å². The summed E-state index contributed by atoms with van der Waals surface area (Å²) in [5, 5.41) is 5.51. The van der Waals surface area contributed by atoms with Crippen molar-refractivity contribution in [3.05, 3.63) is 21.9 Å². The van der Waals surface area contributed by atoms with Crippen molar-refractivity contribution in [1.82, 2.24) is 10.2 Å². The van der Waals surface area contributed by atoms with Gasteiger partial charge in [0.25, 0.3) is 0 Å². The van der Waals surface area contributed by atoms with E-state index in [4.69, 9.17) is 0 Å². The van der Waals surface area contributed by atoms with Crippen LogP contribution in [-0.4, -0.2) is 29.9 Å². The van der Waals surface area contributed by atoms with Crippen LogP contribution in [0.15, 0.2) is 11.4 Å². The van der Waals surface area contributed by atoms with Crippen molar-refractivity contribution in [3.8, 4) is 0 Å². The molecular weight excluding hydrogens is 256 g/mol. The number of nitrogens with zero attached hydrogens (tertiary/aromatic N) is 1. The number of likely N-dealkylation sites (tertiary alicyclic amines) is 1. The Labute approximate surface area is 119 Å². The fraction of sp³-hybridized carbons (Fsp3) is 0.667. The molecule has 1 amide bonds. The highest BCUT2D eigenvalue weighted by Crippen LogP contribution is 2.38. The lowest BCUT2D eigenvalue weighted by Gasteiger charge is -2.40. The molecule has 1 aliphatic carbocycles. The average Bonchev–Trinajstić information content (AvgIpc) is 2.90. The predicted octanol–water partition coefficient (Wildman–Crippen LogP) is 2.73. The summed E-state index contributed by atoms with van der Waals surface area (Å²) in [4.78, 5) is 16.2. The van der Waals surface area contributed by atoms with Gasteiger partial charge in [-0.3, -0.25) is 4.79 Å². The number of likely N-dealkylation sites (N-methyl/N-ethyl adjacent to an activating group) is 1. The largest absolute Gasteiger partial charge is 0.334 e. The zero-order valence-electron chi connectivity index (χ0n) is 11.5. The van der Waals surface area contributed by atoms with Crippen LogP contribution < -0.4 is 5.32 Å². The Morgan fingerprint density at radius 2 is 2.32 bits per heavy atom. The summed E-state index contributed by atoms with van der Waals surface area (Å²) in [7, 11) is 0. The fourth-order valence-corrected chi connectivity index (χ4v) is 4.41. The van der Waals surface area contributed by atoms with Crippen molar-refractivity contribution < 1.29 is 4.79 Å². The van der Waals surface area contributed by atoms with Gasteiger partial charge in [-0.15, -0.1) is 11.3 Å². The van der Waals surface area contributed by atoms with Crippen LogP contribution in [0, 0.1) is 0 Å². The second kappa shape index (κ2) is 5.63. The maximum atomic E-state index is 12.6. The van der Waals surface area contributed by atoms with Gasteiger partial charge < -0.3 is 10.2 Å². The number of rotatable bonds is 3. The van der Waals surface area contributed by atoms with Crippen molar-refractivity contribution in [2.75, 3.05) is 13.1 Å². The highest BCUT2D eigenvalue weighted by atomic mass is 32.1. The molecule has 0 radical (unpaired) electrons. The molecule has 4 heteroatoms. The topological polar surface area (TPSA) is 32.3 Å². The Balaban J connectivity index is 1.81. The number of hydrogen-bond donors (Lipinski definition) is 1. The maximum Gasteiger partial charge on any atom is 0.240 e. The molecule has 1 aliphatic heterocycles. The van der Waals surface area contributed by atoms with Crippen LogP contribution in [0.4, 0.5) is 0 Å². The lowest BCUT2D eigenvalue weighted by Crippen LogP contribution is -2.52. The predicted molar refractivity (Wildman–Crippen MR) is 78.4 cm³/mol. The first-order chi connectivity index (χ1) is 9.31. The second-order valence-corrected chi connectivity index (χ2v) is 6.49. The minimum atomic E-state index is 0.0442. The maximum absolute atomic E-state index is 12.6. The molecule has 0 aromatic carbocycles. The third kappa shape index (κ3) is 2.43. The minimum Gasteiger partial charge on any atom is -0.334 e. The van der Waals surface area contributed by atoms with Crippen LogP contribution in [0.5, 0.6) is 0 Å². The molecule has 3 nitrogen and oxygen atoms in total. The second-order valence-electron chi connectivity index (χ2n) is 5.49. The zero-order chi connectivity index (χ0) is 13.2. The van der Waals surface area contributed by atoms with Gasteiger partial charge in [0.15, 0.2) is 0 Å². The SMILES string of the molecule is CCNC1CCCN(C2CCCc3sccc32)C1=O. The summed E-state index contributed by atoms with van der Waals surface area (Å²) in [6.07, 6.45) is 5.66. The smallest absolute Gasteiger partial charge is 0.240 e. The molecule has 3 rings (SSSR count). The molecule has 1 saturated heterocycles. The number of amides is 1. The quantitative estimate of drug-likeness (QED) is 0.922. The monoisotopic (exact) mass is 278 g/mol. The molecule has 1 N–H and O–H groups in total. The summed E-state index contributed by atoms with van der Waals surface area (Å²) < 4.78 is 0. The van der Waals surface area contributed by atoms with Gasteiger partial charge in [0.2, 0.25) is 5.91 Å². The molecule has 0 saturated carbocycles. The first-order valence-electron chi connectivity index (χ1n) is 7.41. The van der Waals surface area contributed by atoms with Gasteiger partial charge in [-0.05, 0) is 55.7 Å². The van der Waals surface area contributed by atoms with Crippen LogP contribution in [0.2, 0.25) is 0 Å². The first kappa shape index (κ1) is 13.1. The van der Waals surface area contributed by atoms with Crippen molar-refractivity contribution in [3.63, 3.8) is 0 Å². The third-order valence-corrected chi connectivity index (χ3v) is 5.32. The Kier molecular flexibility index (Phi) is 3.89. The Hall–Kier alpha value is -0.870. The number of fused-ring (bicyclic) bond motifs is 1. The Bertz CT molecular complexity index is 455. The molecule has 0 bridgehead atoms. The van der Waals surface area contributed by atoms with E-state index in [9.17, 15) is 4.79 Å². The number of hydrogen-bond acceptors (Lipinski definition) is 3. The molecule has 1 fully saturated rings. The van der Waals surface area contributed by atoms with E-state index >= 15 is 0 Å². The Morgan fingerprint density at radius 3 is 3.16 bits per heavy atom. The van der Waals surface area contributed by atoms with Gasteiger partial charge in [-0.25, -0.2) is 0 Å². The van der Waals surface area contributed by atoms with Crippen molar-refractivity contribution in [2.24, 2.45) is 0 Å². The molecule has 1 aromatic heterocycles. The summed E-state index contributed by atoms with van der Waals surface area (Å²) in [6.45, 7) is 3.88. The average molecular weight is 278 g/mol. The van der Waals surface area contributed by atoms with E-state index in [1.54, 1.807) is 0 Å². The number of piperidine rings is 1. The number of nitrogens with one attached hydrogen (secondary N) is 1. The number of carbonyl (C=O) groups is 1. The van der Waals surface area contributed by atoms with Crippen LogP contribution in [0.1, 0.15) is 49.1 Å². The van der Waals surface area contributed by atoms with Gasteiger partial charge in [-0.2, -0.15) is 0 Å². The molecule has 0 spiro atoms. The van der Waals surface area contributed by atoms with Gasteiger partial charge in [0, 0.05) is 11.4 Å². The minimum absolute atomic E-state index is 0.0442. The van der Waals surface area contributed by atoms with Gasteiger partial charge in [0.1, 0.15) is 0 Å². The van der Waals surface area contributed by atoms with Crippen molar-refractivity contribution in [1.29, 1.82) is 0 Å². The number of thiophene rings is 1. The lowest BCUT2D eigenvalue weighted by molar-refractivity contribution is -0.139. The molecule has 2 heterocycles. The molecular formula is C15H22N2OS. The summed E-state index contributed by atoms with van der Waals surface area (Å²) >= 11 is 1.85. The van der Waals surface area contributed by atoms with E-state index in [-0.39, 0.29) is 6.04 Å². The van der Waals surface area contributed by atoms with Crippen LogP contribution in [0.3, 0.4) is 0 Å². The summed E-state index contributed by atoms with van der Waals surface area (Å²) in [5.74, 6) is 0.317. The zero-order valence-corrected chi connectivity index (χ0v) is 12.3. The van der Waals surface area contributed by atoms with Crippen LogP contribution >= 0.6 is 11.3 Å². The van der Waals surface area contributed by atoms with Crippen LogP contribution in [0.25, 0.3) is 0 Å². The molecule has 2 aliphatic rings. The van der Waals surface area contributed by atoms with E-state index in [2.05, 4.69) is 28.6 Å².